The summed E-state index contributed by atoms with van der Waals surface area (Å²) in [6.45, 7) is 3.77. The van der Waals surface area contributed by atoms with Crippen molar-refractivity contribution in [3.63, 3.8) is 0 Å². The van der Waals surface area contributed by atoms with Crippen molar-refractivity contribution in [1.82, 2.24) is 14.7 Å². The Morgan fingerprint density at radius 3 is 2.50 bits per heavy atom. The highest BCUT2D eigenvalue weighted by atomic mass is 16.5. The van der Waals surface area contributed by atoms with Crippen LogP contribution in [0.15, 0.2) is 0 Å². The number of nitrogens with one attached hydrogen (secondary N) is 1. The molecule has 0 aliphatic heterocycles. The third-order valence-electron chi connectivity index (χ3n) is 1.38. The molecule has 0 amide bonds. The van der Waals surface area contributed by atoms with E-state index in [1.165, 1.54) is 0 Å². The van der Waals surface area contributed by atoms with Crippen molar-refractivity contribution in [2.75, 3.05) is 5.73 Å². The van der Waals surface area contributed by atoms with Crippen LogP contribution in [0.1, 0.15) is 25.6 Å². The van der Waals surface area contributed by atoms with Gasteiger partial charge in [-0.1, -0.05) is 13.8 Å². The summed E-state index contributed by atoms with van der Waals surface area (Å²) in [5.41, 5.74) is 5.00. The number of aromatic nitrogens is 3. The maximum Gasteiger partial charge on any atom is 0.261 e. The van der Waals surface area contributed by atoms with Crippen LogP contribution in [0.2, 0.25) is 0 Å². The Labute approximate surface area is 69.2 Å². The molecule has 12 heavy (non-hydrogen) atoms. The second kappa shape index (κ2) is 2.80. The van der Waals surface area contributed by atoms with E-state index in [4.69, 9.17) is 16.4 Å². The molecule has 0 aromatic carbocycles. The van der Waals surface area contributed by atoms with Crippen molar-refractivity contribution < 1.29 is 5.21 Å². The molecular formula is C6H11N5O. The molecule has 0 unspecified atom stereocenters. The molecule has 1 heterocycles. The second-order valence-corrected chi connectivity index (χ2v) is 2.73. The van der Waals surface area contributed by atoms with E-state index in [0.717, 1.165) is 0 Å². The summed E-state index contributed by atoms with van der Waals surface area (Å²) < 4.78 is 0.436. The normalized spacial score (nSPS) is 10.6. The Kier molecular flexibility index (Phi) is 1.99. The van der Waals surface area contributed by atoms with Crippen molar-refractivity contribution in [3.8, 4) is 0 Å². The lowest BCUT2D eigenvalue weighted by Gasteiger charge is -2.05. The van der Waals surface area contributed by atoms with E-state index in [1.54, 1.807) is 0 Å². The highest BCUT2D eigenvalue weighted by Crippen LogP contribution is 2.06. The molecule has 6 nitrogen and oxygen atoms in total. The quantitative estimate of drug-likeness (QED) is 0.502. The van der Waals surface area contributed by atoms with Gasteiger partial charge >= 0.3 is 0 Å². The van der Waals surface area contributed by atoms with Gasteiger partial charge in [0, 0.05) is 5.92 Å². The van der Waals surface area contributed by atoms with E-state index in [0.29, 0.717) is 10.6 Å². The largest absolute Gasteiger partial charge is 0.422 e. The van der Waals surface area contributed by atoms with Gasteiger partial charge in [0.25, 0.3) is 5.62 Å². The topological polar surface area (TPSA) is 101 Å². The molecule has 4 N–H and O–H groups in total. The highest BCUT2D eigenvalue weighted by Gasteiger charge is 2.06. The Balaban J connectivity index is 3.31. The fourth-order valence-corrected chi connectivity index (χ4v) is 0.712. The summed E-state index contributed by atoms with van der Waals surface area (Å²) in [6.07, 6.45) is 0. The third-order valence-corrected chi connectivity index (χ3v) is 1.38. The third kappa shape index (κ3) is 1.36. The molecule has 0 saturated carbocycles. The predicted molar refractivity (Wildman–Crippen MR) is 41.6 cm³/mol. The van der Waals surface area contributed by atoms with Crippen LogP contribution in [0.3, 0.4) is 0 Å². The lowest BCUT2D eigenvalue weighted by molar-refractivity contribution is 0.167. The summed E-state index contributed by atoms with van der Waals surface area (Å²) >= 11 is 0. The van der Waals surface area contributed by atoms with Gasteiger partial charge in [-0.05, 0) is 0 Å². The van der Waals surface area contributed by atoms with Crippen molar-refractivity contribution in [1.29, 1.82) is 5.41 Å². The summed E-state index contributed by atoms with van der Waals surface area (Å²) in [7, 11) is 0. The van der Waals surface area contributed by atoms with Gasteiger partial charge in [-0.3, -0.25) is 5.41 Å². The van der Waals surface area contributed by atoms with Crippen LogP contribution in [0.5, 0.6) is 0 Å². The van der Waals surface area contributed by atoms with Crippen LogP contribution >= 0.6 is 0 Å². The van der Waals surface area contributed by atoms with Crippen LogP contribution in [0.4, 0.5) is 5.95 Å². The van der Waals surface area contributed by atoms with E-state index in [9.17, 15) is 0 Å². The van der Waals surface area contributed by atoms with Gasteiger partial charge in [0.1, 0.15) is 5.82 Å². The number of nitrogen functional groups attached to an aromatic ring is 1. The molecule has 66 valence electrons. The molecule has 1 aromatic heterocycles. The number of rotatable bonds is 1. The standard InChI is InChI=1S/C6H11N5O/c1-3(2)4-9-5(7)11(12)6(8)10-4/h3,12H,1-2H3,(H3,7,8,9,10). The van der Waals surface area contributed by atoms with Crippen molar-refractivity contribution >= 4 is 5.95 Å². The van der Waals surface area contributed by atoms with E-state index in [-0.39, 0.29) is 17.5 Å². The maximum atomic E-state index is 8.99. The van der Waals surface area contributed by atoms with Crippen LogP contribution in [0.25, 0.3) is 0 Å². The van der Waals surface area contributed by atoms with Crippen LogP contribution < -0.4 is 11.4 Å². The van der Waals surface area contributed by atoms with Crippen molar-refractivity contribution in [2.24, 2.45) is 0 Å². The highest BCUT2D eigenvalue weighted by molar-refractivity contribution is 5.14. The predicted octanol–water partition coefficient (Wildman–Crippen LogP) is -0.300. The Morgan fingerprint density at radius 1 is 1.50 bits per heavy atom. The van der Waals surface area contributed by atoms with E-state index < -0.39 is 0 Å². The fourth-order valence-electron chi connectivity index (χ4n) is 0.712. The minimum Gasteiger partial charge on any atom is -0.422 e. The first kappa shape index (κ1) is 8.51. The first-order chi connectivity index (χ1) is 5.52. The molecule has 0 atom stereocenters. The molecule has 0 radical (unpaired) electrons. The smallest absolute Gasteiger partial charge is 0.261 e. The van der Waals surface area contributed by atoms with Crippen molar-refractivity contribution in [3.05, 3.63) is 11.4 Å². The number of nitrogens with two attached hydrogens (primary N) is 1. The molecule has 1 aromatic rings. The number of hydrogen-bond acceptors (Lipinski definition) is 5. The zero-order chi connectivity index (χ0) is 9.30. The Bertz CT molecular complexity index is 342. The lowest BCUT2D eigenvalue weighted by Crippen LogP contribution is -2.27. The first-order valence-electron chi connectivity index (χ1n) is 3.52. The van der Waals surface area contributed by atoms with Gasteiger partial charge in [-0.2, -0.15) is 9.97 Å². The summed E-state index contributed by atoms with van der Waals surface area (Å²) in [5, 5.41) is 16.2. The van der Waals surface area contributed by atoms with Gasteiger partial charge in [0.2, 0.25) is 5.95 Å². The average Bonchev–Trinajstić information content (AvgIpc) is 1.99. The van der Waals surface area contributed by atoms with Gasteiger partial charge in [0.15, 0.2) is 0 Å². The summed E-state index contributed by atoms with van der Waals surface area (Å²) in [6, 6.07) is 0. The molecule has 6 heteroatoms. The van der Waals surface area contributed by atoms with Gasteiger partial charge < -0.3 is 10.9 Å². The molecule has 0 aliphatic rings. The second-order valence-electron chi connectivity index (χ2n) is 2.73. The lowest BCUT2D eigenvalue weighted by atomic mass is 10.2. The van der Waals surface area contributed by atoms with E-state index in [1.807, 2.05) is 13.8 Å². The van der Waals surface area contributed by atoms with E-state index in [2.05, 4.69) is 9.97 Å². The SMILES string of the molecule is CC(C)c1nc(N)n(O)c(=N)n1. The van der Waals surface area contributed by atoms with Gasteiger partial charge in [-0.15, -0.1) is 4.73 Å². The van der Waals surface area contributed by atoms with E-state index >= 15 is 0 Å². The molecule has 0 saturated heterocycles. The summed E-state index contributed by atoms with van der Waals surface area (Å²) in [5.74, 6) is 0.444. The zero-order valence-corrected chi connectivity index (χ0v) is 6.94. The Morgan fingerprint density at radius 2 is 2.08 bits per heavy atom. The monoisotopic (exact) mass is 169 g/mol. The fraction of sp³-hybridized carbons (Fsp3) is 0.500. The van der Waals surface area contributed by atoms with Gasteiger partial charge in [-0.25, -0.2) is 0 Å². The minimum absolute atomic E-state index is 0.0950. The van der Waals surface area contributed by atoms with Gasteiger partial charge in [0.05, 0.1) is 0 Å². The number of hydrogen-bond donors (Lipinski definition) is 3. The average molecular weight is 169 g/mol. The molecule has 0 bridgehead atoms. The molecular weight excluding hydrogens is 158 g/mol. The summed E-state index contributed by atoms with van der Waals surface area (Å²) in [4.78, 5) is 7.51. The minimum atomic E-state index is -0.300. The molecule has 0 fully saturated rings. The van der Waals surface area contributed by atoms with Crippen molar-refractivity contribution in [2.45, 2.75) is 19.8 Å². The molecule has 0 spiro atoms. The van der Waals surface area contributed by atoms with Crippen LogP contribution in [-0.4, -0.2) is 19.9 Å². The molecule has 1 rings (SSSR count). The first-order valence-corrected chi connectivity index (χ1v) is 3.52. The Hall–Kier alpha value is -1.59. The number of anilines is 1. The maximum absolute atomic E-state index is 8.99. The van der Waals surface area contributed by atoms with Crippen LogP contribution in [-0.2, 0) is 0 Å². The number of nitrogens with zero attached hydrogens (tertiary/aromatic N) is 3. The molecule has 0 aliphatic carbocycles. The van der Waals surface area contributed by atoms with Crippen LogP contribution in [0, 0.1) is 5.41 Å². The zero-order valence-electron chi connectivity index (χ0n) is 6.94.